The largest absolute Gasteiger partial charge is 0.271 e. The van der Waals surface area contributed by atoms with E-state index in [0.29, 0.717) is 6.04 Å². The smallest absolute Gasteiger partial charge is 0.0332 e. The average Bonchev–Trinajstić information content (AvgIpc) is 2.43. The summed E-state index contributed by atoms with van der Waals surface area (Å²) in [6, 6.07) is 8.93. The molecule has 0 spiro atoms. The van der Waals surface area contributed by atoms with Crippen LogP contribution in [0.3, 0.4) is 0 Å². The quantitative estimate of drug-likeness (QED) is 0.478. The third kappa shape index (κ3) is 4.78. The highest BCUT2D eigenvalue weighted by atomic mass is 79.9. The van der Waals surface area contributed by atoms with Crippen LogP contribution < -0.4 is 11.3 Å². The van der Waals surface area contributed by atoms with Gasteiger partial charge in [-0.15, -0.1) is 11.8 Å². The van der Waals surface area contributed by atoms with E-state index in [2.05, 4.69) is 52.5 Å². The first kappa shape index (κ1) is 15.4. The van der Waals surface area contributed by atoms with E-state index in [1.807, 2.05) is 11.8 Å². The zero-order valence-electron chi connectivity index (χ0n) is 11.4. The van der Waals surface area contributed by atoms with Crippen LogP contribution in [0.1, 0.15) is 32.6 Å². The van der Waals surface area contributed by atoms with Crippen LogP contribution in [-0.4, -0.2) is 11.8 Å². The summed E-state index contributed by atoms with van der Waals surface area (Å²) in [5.41, 5.74) is 3.04. The van der Waals surface area contributed by atoms with E-state index in [-0.39, 0.29) is 0 Å². The van der Waals surface area contributed by atoms with E-state index in [9.17, 15) is 0 Å². The predicted octanol–water partition coefficient (Wildman–Crippen LogP) is 4.20. The van der Waals surface area contributed by atoms with Gasteiger partial charge in [0.2, 0.25) is 0 Å². The molecule has 106 valence electrons. The lowest BCUT2D eigenvalue weighted by Gasteiger charge is -2.32. The van der Waals surface area contributed by atoms with Gasteiger partial charge in [0.25, 0.3) is 0 Å². The van der Waals surface area contributed by atoms with Crippen molar-refractivity contribution in [3.63, 3.8) is 0 Å². The zero-order chi connectivity index (χ0) is 13.7. The summed E-state index contributed by atoms with van der Waals surface area (Å²) in [4.78, 5) is 1.31. The van der Waals surface area contributed by atoms with Crippen LogP contribution in [0.25, 0.3) is 0 Å². The van der Waals surface area contributed by atoms with E-state index >= 15 is 0 Å². The number of benzene rings is 1. The van der Waals surface area contributed by atoms with Crippen LogP contribution in [0.5, 0.6) is 0 Å². The summed E-state index contributed by atoms with van der Waals surface area (Å²) in [5.74, 6) is 8.45. The third-order valence-electron chi connectivity index (χ3n) is 4.09. The molecule has 2 nitrogen and oxygen atoms in total. The lowest BCUT2D eigenvalue weighted by Crippen LogP contribution is -2.43. The van der Waals surface area contributed by atoms with Crippen LogP contribution >= 0.6 is 27.7 Å². The van der Waals surface area contributed by atoms with Crippen molar-refractivity contribution in [1.82, 2.24) is 5.43 Å². The molecule has 0 aliphatic heterocycles. The van der Waals surface area contributed by atoms with E-state index in [0.717, 1.165) is 22.1 Å². The minimum absolute atomic E-state index is 0.432. The maximum absolute atomic E-state index is 5.76. The normalized spacial score (nSPS) is 25.2. The molecule has 19 heavy (non-hydrogen) atoms. The Morgan fingerprint density at radius 2 is 1.89 bits per heavy atom. The van der Waals surface area contributed by atoms with Gasteiger partial charge in [0, 0.05) is 21.2 Å². The molecule has 1 unspecified atom stereocenters. The van der Waals surface area contributed by atoms with Gasteiger partial charge in [-0.1, -0.05) is 35.7 Å². The van der Waals surface area contributed by atoms with Crippen molar-refractivity contribution in [2.75, 3.05) is 5.75 Å². The maximum atomic E-state index is 5.76. The number of hydrazine groups is 1. The highest BCUT2D eigenvalue weighted by Gasteiger charge is 2.25. The summed E-state index contributed by atoms with van der Waals surface area (Å²) in [6.07, 6.45) is 5.34. The van der Waals surface area contributed by atoms with E-state index in [1.54, 1.807) is 0 Å². The number of thioether (sulfide) groups is 1. The van der Waals surface area contributed by atoms with Crippen LogP contribution in [-0.2, 0) is 0 Å². The van der Waals surface area contributed by atoms with Crippen LogP contribution in [0.4, 0.5) is 0 Å². The zero-order valence-corrected chi connectivity index (χ0v) is 13.8. The van der Waals surface area contributed by atoms with E-state index < -0.39 is 0 Å². The Kier molecular flexibility index (Phi) is 6.20. The van der Waals surface area contributed by atoms with Gasteiger partial charge in [0.05, 0.1) is 0 Å². The number of nitrogens with one attached hydrogen (secondary N) is 1. The SMILES string of the molecule is CC1CCC(C(CSc2ccc(Br)cc2)NN)CC1. The van der Waals surface area contributed by atoms with Crippen LogP contribution in [0.15, 0.2) is 33.6 Å². The third-order valence-corrected chi connectivity index (χ3v) is 5.75. The summed E-state index contributed by atoms with van der Waals surface area (Å²) < 4.78 is 1.13. The summed E-state index contributed by atoms with van der Waals surface area (Å²) in [5, 5.41) is 0. The summed E-state index contributed by atoms with van der Waals surface area (Å²) in [6.45, 7) is 2.36. The fourth-order valence-corrected chi connectivity index (χ4v) is 4.06. The average molecular weight is 343 g/mol. The second kappa shape index (κ2) is 7.67. The Morgan fingerprint density at radius 1 is 1.26 bits per heavy atom. The molecule has 4 heteroatoms. The summed E-state index contributed by atoms with van der Waals surface area (Å²) >= 11 is 5.36. The molecule has 1 atom stereocenters. The van der Waals surface area contributed by atoms with E-state index in [4.69, 9.17) is 5.84 Å². The number of nitrogens with two attached hydrogens (primary N) is 1. The van der Waals surface area contributed by atoms with Crippen molar-refractivity contribution in [3.8, 4) is 0 Å². The van der Waals surface area contributed by atoms with Crippen molar-refractivity contribution in [1.29, 1.82) is 0 Å². The van der Waals surface area contributed by atoms with Crippen molar-refractivity contribution in [2.45, 2.75) is 43.5 Å². The first-order valence-corrected chi connectivity index (χ1v) is 8.81. The molecule has 0 heterocycles. The molecule has 1 aliphatic carbocycles. The Hall–Kier alpha value is -0.0300. The monoisotopic (exact) mass is 342 g/mol. The lowest BCUT2D eigenvalue weighted by molar-refractivity contribution is 0.243. The van der Waals surface area contributed by atoms with Gasteiger partial charge < -0.3 is 0 Å². The Balaban J connectivity index is 1.83. The summed E-state index contributed by atoms with van der Waals surface area (Å²) in [7, 11) is 0. The van der Waals surface area contributed by atoms with Crippen molar-refractivity contribution in [2.24, 2.45) is 17.7 Å². The Morgan fingerprint density at radius 3 is 2.47 bits per heavy atom. The molecule has 1 aliphatic rings. The molecule has 1 saturated carbocycles. The molecule has 0 aromatic heterocycles. The first-order chi connectivity index (χ1) is 9.19. The van der Waals surface area contributed by atoms with Gasteiger partial charge in [-0.3, -0.25) is 11.3 Å². The molecule has 1 aromatic rings. The fraction of sp³-hybridized carbons (Fsp3) is 0.600. The van der Waals surface area contributed by atoms with Crippen molar-refractivity contribution < 1.29 is 0 Å². The van der Waals surface area contributed by atoms with Crippen molar-refractivity contribution >= 4 is 27.7 Å². The minimum atomic E-state index is 0.432. The second-order valence-corrected chi connectivity index (χ2v) is 7.57. The molecule has 1 fully saturated rings. The van der Waals surface area contributed by atoms with Gasteiger partial charge in [0.1, 0.15) is 0 Å². The number of rotatable bonds is 5. The number of halogens is 1. The highest BCUT2D eigenvalue weighted by Crippen LogP contribution is 2.32. The maximum Gasteiger partial charge on any atom is 0.0332 e. The Bertz CT molecular complexity index is 374. The molecule has 0 radical (unpaired) electrons. The van der Waals surface area contributed by atoms with Gasteiger partial charge >= 0.3 is 0 Å². The standard InChI is InChI=1S/C15H23BrN2S/c1-11-2-4-12(5-3-11)15(18-17)10-19-14-8-6-13(16)7-9-14/h6-9,11-12,15,18H,2-5,10,17H2,1H3. The molecule has 1 aromatic carbocycles. The van der Waals surface area contributed by atoms with Gasteiger partial charge in [-0.25, -0.2) is 0 Å². The Labute approximate surface area is 129 Å². The van der Waals surface area contributed by atoms with Crippen molar-refractivity contribution in [3.05, 3.63) is 28.7 Å². The van der Waals surface area contributed by atoms with Gasteiger partial charge in [-0.2, -0.15) is 0 Å². The van der Waals surface area contributed by atoms with Gasteiger partial charge in [0.15, 0.2) is 0 Å². The molecule has 0 saturated heterocycles. The van der Waals surface area contributed by atoms with E-state index in [1.165, 1.54) is 30.6 Å². The number of hydrogen-bond acceptors (Lipinski definition) is 3. The molecular formula is C15H23BrN2S. The van der Waals surface area contributed by atoms with Gasteiger partial charge in [-0.05, 0) is 48.9 Å². The molecular weight excluding hydrogens is 320 g/mol. The first-order valence-electron chi connectivity index (χ1n) is 7.03. The number of hydrogen-bond donors (Lipinski definition) is 2. The highest BCUT2D eigenvalue weighted by molar-refractivity contribution is 9.10. The predicted molar refractivity (Wildman–Crippen MR) is 87.1 cm³/mol. The van der Waals surface area contributed by atoms with Crippen LogP contribution in [0, 0.1) is 11.8 Å². The molecule has 0 amide bonds. The molecule has 3 N–H and O–H groups in total. The fourth-order valence-electron chi connectivity index (χ4n) is 2.73. The molecule has 0 bridgehead atoms. The second-order valence-electron chi connectivity index (χ2n) is 5.56. The lowest BCUT2D eigenvalue weighted by atomic mass is 9.80. The molecule has 2 rings (SSSR count). The topological polar surface area (TPSA) is 38.0 Å². The minimum Gasteiger partial charge on any atom is -0.271 e. The van der Waals surface area contributed by atoms with Crippen LogP contribution in [0.2, 0.25) is 0 Å².